The van der Waals surface area contributed by atoms with Gasteiger partial charge in [-0.05, 0) is 36.5 Å². The fourth-order valence-corrected chi connectivity index (χ4v) is 3.12. The number of halogens is 1. The van der Waals surface area contributed by atoms with Crippen molar-refractivity contribution in [2.24, 2.45) is 16.6 Å². The Kier molecular flexibility index (Phi) is 8.31. The van der Waals surface area contributed by atoms with Crippen molar-refractivity contribution in [2.45, 2.75) is 39.0 Å². The van der Waals surface area contributed by atoms with Crippen LogP contribution in [0.3, 0.4) is 0 Å². The number of likely N-dealkylation sites (tertiary alicyclic amines) is 1. The highest BCUT2D eigenvalue weighted by atomic mass is 127. The lowest BCUT2D eigenvalue weighted by atomic mass is 9.84. The molecular formula is C19H32IN3O2. The van der Waals surface area contributed by atoms with Crippen LogP contribution in [0.2, 0.25) is 0 Å². The molecule has 1 aromatic rings. The summed E-state index contributed by atoms with van der Waals surface area (Å²) in [6.45, 7) is 9.27. The number of aliphatic imine (C=N–C) groups is 1. The molecule has 0 bridgehead atoms. The van der Waals surface area contributed by atoms with Crippen LogP contribution in [0.15, 0.2) is 23.2 Å². The van der Waals surface area contributed by atoms with Crippen molar-refractivity contribution < 1.29 is 9.47 Å². The van der Waals surface area contributed by atoms with Gasteiger partial charge in [0.05, 0.1) is 20.8 Å². The minimum Gasteiger partial charge on any atom is -0.493 e. The Labute approximate surface area is 169 Å². The summed E-state index contributed by atoms with van der Waals surface area (Å²) in [5.74, 6) is 2.83. The van der Waals surface area contributed by atoms with Crippen molar-refractivity contribution >= 4 is 29.9 Å². The SMILES string of the molecule is COc1ccc(C(C)(C)CN=C(N)N2CCCC(C)C2)cc1OC.I. The predicted octanol–water partition coefficient (Wildman–Crippen LogP) is 3.65. The van der Waals surface area contributed by atoms with Gasteiger partial charge in [0.2, 0.25) is 0 Å². The molecule has 1 heterocycles. The van der Waals surface area contributed by atoms with Gasteiger partial charge < -0.3 is 20.1 Å². The number of piperidine rings is 1. The van der Waals surface area contributed by atoms with Gasteiger partial charge in [-0.15, -0.1) is 24.0 Å². The third-order valence-corrected chi connectivity index (χ3v) is 4.78. The highest BCUT2D eigenvalue weighted by molar-refractivity contribution is 14.0. The number of hydrogen-bond donors (Lipinski definition) is 1. The summed E-state index contributed by atoms with van der Waals surface area (Å²) in [5.41, 5.74) is 7.25. The summed E-state index contributed by atoms with van der Waals surface area (Å²) in [4.78, 5) is 6.88. The van der Waals surface area contributed by atoms with E-state index in [4.69, 9.17) is 15.2 Å². The fourth-order valence-electron chi connectivity index (χ4n) is 3.12. The van der Waals surface area contributed by atoms with Gasteiger partial charge >= 0.3 is 0 Å². The topological polar surface area (TPSA) is 60.1 Å². The maximum absolute atomic E-state index is 6.23. The monoisotopic (exact) mass is 461 g/mol. The number of nitrogens with zero attached hydrogens (tertiary/aromatic N) is 2. The first-order valence-corrected chi connectivity index (χ1v) is 8.64. The molecule has 1 aliphatic heterocycles. The second-order valence-corrected chi connectivity index (χ2v) is 7.32. The fraction of sp³-hybridized carbons (Fsp3) is 0.632. The third kappa shape index (κ3) is 5.66. The van der Waals surface area contributed by atoms with E-state index in [1.807, 2.05) is 12.1 Å². The molecule has 1 atom stereocenters. The number of benzene rings is 1. The van der Waals surface area contributed by atoms with Crippen LogP contribution in [0.1, 0.15) is 39.2 Å². The smallest absolute Gasteiger partial charge is 0.191 e. The van der Waals surface area contributed by atoms with Gasteiger partial charge in [-0.1, -0.05) is 26.8 Å². The Hall–Kier alpha value is -1.18. The summed E-state index contributed by atoms with van der Waals surface area (Å²) in [6.07, 6.45) is 2.47. The first-order chi connectivity index (χ1) is 11.4. The van der Waals surface area contributed by atoms with Gasteiger partial charge in [0.15, 0.2) is 17.5 Å². The van der Waals surface area contributed by atoms with E-state index >= 15 is 0 Å². The van der Waals surface area contributed by atoms with Crippen molar-refractivity contribution in [2.75, 3.05) is 33.9 Å². The van der Waals surface area contributed by atoms with Crippen molar-refractivity contribution in [3.05, 3.63) is 23.8 Å². The van der Waals surface area contributed by atoms with Crippen LogP contribution in [-0.2, 0) is 5.41 Å². The van der Waals surface area contributed by atoms with Crippen LogP contribution in [0, 0.1) is 5.92 Å². The van der Waals surface area contributed by atoms with Gasteiger partial charge in [-0.3, -0.25) is 4.99 Å². The molecular weight excluding hydrogens is 429 g/mol. The van der Waals surface area contributed by atoms with Crippen molar-refractivity contribution in [1.29, 1.82) is 0 Å². The van der Waals surface area contributed by atoms with E-state index in [1.165, 1.54) is 12.8 Å². The second kappa shape index (κ2) is 9.50. The van der Waals surface area contributed by atoms with E-state index < -0.39 is 0 Å². The zero-order valence-corrected chi connectivity index (χ0v) is 18.4. The molecule has 0 aromatic heterocycles. The lowest BCUT2D eigenvalue weighted by Gasteiger charge is -2.32. The number of rotatable bonds is 5. The highest BCUT2D eigenvalue weighted by Gasteiger charge is 2.23. The Morgan fingerprint density at radius 2 is 1.96 bits per heavy atom. The van der Waals surface area contributed by atoms with E-state index in [0.29, 0.717) is 18.4 Å². The molecule has 2 N–H and O–H groups in total. The quantitative estimate of drug-likeness (QED) is 0.413. The maximum Gasteiger partial charge on any atom is 0.191 e. The molecule has 0 aliphatic carbocycles. The van der Waals surface area contributed by atoms with E-state index in [0.717, 1.165) is 30.2 Å². The van der Waals surface area contributed by atoms with Crippen molar-refractivity contribution in [1.82, 2.24) is 4.90 Å². The Bertz CT molecular complexity index is 590. The summed E-state index contributed by atoms with van der Waals surface area (Å²) >= 11 is 0. The molecule has 2 rings (SSSR count). The lowest BCUT2D eigenvalue weighted by molar-refractivity contribution is 0.270. The molecule has 1 aromatic carbocycles. The summed E-state index contributed by atoms with van der Waals surface area (Å²) < 4.78 is 10.7. The van der Waals surface area contributed by atoms with Crippen molar-refractivity contribution in [3.63, 3.8) is 0 Å². The molecule has 1 unspecified atom stereocenters. The van der Waals surface area contributed by atoms with Crippen molar-refractivity contribution in [3.8, 4) is 11.5 Å². The molecule has 0 saturated carbocycles. The largest absolute Gasteiger partial charge is 0.493 e. The number of hydrogen-bond acceptors (Lipinski definition) is 3. The Morgan fingerprint density at radius 1 is 1.28 bits per heavy atom. The van der Waals surface area contributed by atoms with Crippen LogP contribution < -0.4 is 15.2 Å². The third-order valence-electron chi connectivity index (χ3n) is 4.78. The molecule has 0 amide bonds. The second-order valence-electron chi connectivity index (χ2n) is 7.32. The van der Waals surface area contributed by atoms with Gasteiger partial charge in [0.25, 0.3) is 0 Å². The first kappa shape index (κ1) is 21.9. The minimum absolute atomic E-state index is 0. The summed E-state index contributed by atoms with van der Waals surface area (Å²) in [5, 5.41) is 0. The van der Waals surface area contributed by atoms with Gasteiger partial charge in [-0.2, -0.15) is 0 Å². The molecule has 1 saturated heterocycles. The number of guanidine groups is 1. The molecule has 142 valence electrons. The lowest BCUT2D eigenvalue weighted by Crippen LogP contribution is -2.44. The van der Waals surface area contributed by atoms with Crippen LogP contribution in [0.5, 0.6) is 11.5 Å². The molecule has 5 nitrogen and oxygen atoms in total. The summed E-state index contributed by atoms with van der Waals surface area (Å²) in [7, 11) is 3.30. The number of nitrogens with two attached hydrogens (primary N) is 1. The van der Waals surface area contributed by atoms with Gasteiger partial charge in [0.1, 0.15) is 0 Å². The molecule has 0 spiro atoms. The zero-order chi connectivity index (χ0) is 17.7. The zero-order valence-electron chi connectivity index (χ0n) is 16.0. The molecule has 1 aliphatic rings. The first-order valence-electron chi connectivity index (χ1n) is 8.64. The van der Waals surface area contributed by atoms with E-state index in [2.05, 4.69) is 36.7 Å². The van der Waals surface area contributed by atoms with E-state index in [-0.39, 0.29) is 29.4 Å². The van der Waals surface area contributed by atoms with Crippen LogP contribution >= 0.6 is 24.0 Å². The Balaban J connectivity index is 0.00000312. The predicted molar refractivity (Wildman–Crippen MR) is 114 cm³/mol. The highest BCUT2D eigenvalue weighted by Crippen LogP contribution is 2.33. The van der Waals surface area contributed by atoms with Crippen LogP contribution in [-0.4, -0.2) is 44.7 Å². The van der Waals surface area contributed by atoms with Gasteiger partial charge in [-0.25, -0.2) is 0 Å². The standard InChI is InChI=1S/C19H31N3O2.HI/c1-14-7-6-10-22(12-14)18(20)21-13-19(2,3)15-8-9-16(23-4)17(11-15)24-5;/h8-9,11,14H,6-7,10,12-13H2,1-5H3,(H2,20,21);1H. The Morgan fingerprint density at radius 3 is 2.56 bits per heavy atom. The maximum atomic E-state index is 6.23. The average Bonchev–Trinajstić information content (AvgIpc) is 2.59. The summed E-state index contributed by atoms with van der Waals surface area (Å²) in [6, 6.07) is 6.03. The van der Waals surface area contributed by atoms with Gasteiger partial charge in [0, 0.05) is 18.5 Å². The van der Waals surface area contributed by atoms with E-state index in [9.17, 15) is 0 Å². The molecule has 6 heteroatoms. The average molecular weight is 461 g/mol. The molecule has 0 radical (unpaired) electrons. The number of ether oxygens (including phenoxy) is 2. The normalized spacial score (nSPS) is 18.5. The van der Waals surface area contributed by atoms with Crippen LogP contribution in [0.25, 0.3) is 0 Å². The van der Waals surface area contributed by atoms with Crippen LogP contribution in [0.4, 0.5) is 0 Å². The minimum atomic E-state index is -0.133. The van der Waals surface area contributed by atoms with E-state index in [1.54, 1.807) is 14.2 Å². The number of methoxy groups -OCH3 is 2. The molecule has 25 heavy (non-hydrogen) atoms. The molecule has 1 fully saturated rings.